The lowest BCUT2D eigenvalue weighted by molar-refractivity contribution is 0.0954. The Labute approximate surface area is 162 Å². The third-order valence-corrected chi connectivity index (χ3v) is 4.67. The number of rotatable bonds is 8. The number of carbonyl (C=O) groups excluding carboxylic acids is 1. The van der Waals surface area contributed by atoms with Crippen molar-refractivity contribution in [2.75, 3.05) is 7.11 Å². The maximum Gasteiger partial charge on any atom is 0.271 e. The zero-order valence-corrected chi connectivity index (χ0v) is 16.7. The number of hydrogen-bond donors (Lipinski definition) is 1. The van der Waals surface area contributed by atoms with Gasteiger partial charge in [0.25, 0.3) is 5.91 Å². The minimum absolute atomic E-state index is 0.218. The first-order chi connectivity index (χ1) is 12.2. The fourth-order valence-electron chi connectivity index (χ4n) is 2.43. The van der Waals surface area contributed by atoms with Crippen molar-refractivity contribution in [3.63, 3.8) is 0 Å². The normalized spacial score (nSPS) is 11.2. The van der Waals surface area contributed by atoms with E-state index in [2.05, 4.69) is 40.0 Å². The van der Waals surface area contributed by atoms with Crippen LogP contribution in [0.2, 0.25) is 0 Å². The largest absolute Gasteiger partial charge is 0.496 e. The summed E-state index contributed by atoms with van der Waals surface area (Å²) in [5, 5.41) is 4.40. The van der Waals surface area contributed by atoms with E-state index >= 15 is 0 Å². The fourth-order valence-corrected chi connectivity index (χ4v) is 3.16. The van der Waals surface area contributed by atoms with Crippen molar-refractivity contribution in [3.8, 4) is 5.75 Å². The molecule has 1 N–H and O–H groups in total. The molecule has 0 bridgehead atoms. The van der Waals surface area contributed by atoms with Crippen LogP contribution in [0, 0.1) is 3.57 Å². The molecule has 2 aromatic carbocycles. The van der Waals surface area contributed by atoms with Crippen LogP contribution >= 0.6 is 22.6 Å². The van der Waals surface area contributed by atoms with Gasteiger partial charge in [-0.2, -0.15) is 5.10 Å². The van der Waals surface area contributed by atoms with Crippen LogP contribution in [0.3, 0.4) is 0 Å². The number of benzene rings is 2. The van der Waals surface area contributed by atoms with Crippen molar-refractivity contribution < 1.29 is 9.53 Å². The highest BCUT2D eigenvalue weighted by Crippen LogP contribution is 2.21. The minimum Gasteiger partial charge on any atom is -0.496 e. The van der Waals surface area contributed by atoms with Crippen molar-refractivity contribution in [1.82, 2.24) is 5.43 Å². The Bertz CT molecular complexity index is 730. The molecule has 0 unspecified atom stereocenters. The van der Waals surface area contributed by atoms with Gasteiger partial charge in [0.1, 0.15) is 5.75 Å². The van der Waals surface area contributed by atoms with Gasteiger partial charge in [0, 0.05) is 5.56 Å². The molecular formula is C20H23IN2O2. The Morgan fingerprint density at radius 1 is 1.12 bits per heavy atom. The zero-order chi connectivity index (χ0) is 18.1. The van der Waals surface area contributed by atoms with Crippen molar-refractivity contribution in [1.29, 1.82) is 0 Å². The van der Waals surface area contributed by atoms with Crippen LogP contribution in [-0.4, -0.2) is 18.7 Å². The number of ether oxygens (including phenoxy) is 1. The lowest BCUT2D eigenvalue weighted by Crippen LogP contribution is -2.20. The summed E-state index contributed by atoms with van der Waals surface area (Å²) < 4.78 is 6.12. The first kappa shape index (κ1) is 19.4. The van der Waals surface area contributed by atoms with Gasteiger partial charge in [-0.1, -0.05) is 50.1 Å². The molecule has 0 fully saturated rings. The zero-order valence-electron chi connectivity index (χ0n) is 14.6. The van der Waals surface area contributed by atoms with Gasteiger partial charge in [0.05, 0.1) is 16.4 Å². The van der Waals surface area contributed by atoms with E-state index in [1.807, 2.05) is 30.3 Å². The molecule has 0 heterocycles. The summed E-state index contributed by atoms with van der Waals surface area (Å²) >= 11 is 2.15. The second-order valence-corrected chi connectivity index (χ2v) is 6.83. The van der Waals surface area contributed by atoms with E-state index in [9.17, 15) is 4.79 Å². The Morgan fingerprint density at radius 2 is 1.88 bits per heavy atom. The molecule has 0 saturated carbocycles. The number of amides is 1. The third-order valence-electron chi connectivity index (χ3n) is 3.83. The van der Waals surface area contributed by atoms with Crippen molar-refractivity contribution >= 4 is 34.2 Å². The first-order valence-electron chi connectivity index (χ1n) is 8.41. The molecule has 0 spiro atoms. The number of methoxy groups -OCH3 is 1. The Kier molecular flexibility index (Phi) is 7.91. The van der Waals surface area contributed by atoms with Crippen molar-refractivity contribution in [2.45, 2.75) is 32.6 Å². The molecule has 2 aromatic rings. The smallest absolute Gasteiger partial charge is 0.271 e. The van der Waals surface area contributed by atoms with Crippen LogP contribution in [0.5, 0.6) is 5.75 Å². The number of hydrogen-bond acceptors (Lipinski definition) is 3. The Hall–Kier alpha value is -1.89. The Balaban J connectivity index is 2.13. The van der Waals surface area contributed by atoms with Gasteiger partial charge in [-0.25, -0.2) is 5.43 Å². The summed E-state index contributed by atoms with van der Waals surface area (Å²) in [5.41, 5.74) is 5.21. The molecule has 2 rings (SSSR count). The molecule has 0 radical (unpaired) electrons. The average Bonchev–Trinajstić information content (AvgIpc) is 2.65. The molecule has 0 atom stereocenters. The number of hydrazone groups is 1. The van der Waals surface area contributed by atoms with E-state index in [4.69, 9.17) is 4.74 Å². The van der Waals surface area contributed by atoms with E-state index in [1.165, 1.54) is 0 Å². The molecule has 0 aliphatic rings. The monoisotopic (exact) mass is 450 g/mol. The van der Waals surface area contributed by atoms with E-state index in [-0.39, 0.29) is 5.91 Å². The van der Waals surface area contributed by atoms with Gasteiger partial charge in [-0.3, -0.25) is 4.79 Å². The lowest BCUT2D eigenvalue weighted by atomic mass is 10.0. The van der Waals surface area contributed by atoms with E-state index in [0.717, 1.165) is 46.3 Å². The Morgan fingerprint density at radius 3 is 2.52 bits per heavy atom. The number of unbranched alkanes of at least 4 members (excludes halogenated alkanes) is 2. The molecule has 0 aliphatic heterocycles. The summed E-state index contributed by atoms with van der Waals surface area (Å²) in [5.74, 6) is 0.537. The summed E-state index contributed by atoms with van der Waals surface area (Å²) in [6, 6.07) is 15.3. The predicted octanol–water partition coefficient (Wildman–Crippen LogP) is 5.01. The topological polar surface area (TPSA) is 50.7 Å². The van der Waals surface area contributed by atoms with Gasteiger partial charge in [0.2, 0.25) is 0 Å². The predicted molar refractivity (Wildman–Crippen MR) is 110 cm³/mol. The molecule has 25 heavy (non-hydrogen) atoms. The van der Waals surface area contributed by atoms with Crippen molar-refractivity contribution in [2.24, 2.45) is 5.10 Å². The molecule has 1 amide bonds. The molecule has 0 saturated heterocycles. The van der Waals surface area contributed by atoms with Crippen LogP contribution in [0.1, 0.15) is 48.5 Å². The highest BCUT2D eigenvalue weighted by Gasteiger charge is 2.09. The lowest BCUT2D eigenvalue weighted by Gasteiger charge is -2.08. The second-order valence-electron chi connectivity index (χ2n) is 5.67. The standard InChI is InChI=1S/C20H23IN2O2/c1-3-4-6-11-18(15-9-7-5-8-10-15)22-23-20(24)16-12-13-19(25-2)17(21)14-16/h5,7-10,12-14H,3-4,6,11H2,1-2H3,(H,23,24)/b22-18+. The van der Waals surface area contributed by atoms with Gasteiger partial charge in [-0.15, -0.1) is 0 Å². The van der Waals surface area contributed by atoms with Crippen molar-refractivity contribution in [3.05, 3.63) is 63.2 Å². The van der Waals surface area contributed by atoms with E-state index in [0.29, 0.717) is 5.56 Å². The summed E-state index contributed by atoms with van der Waals surface area (Å²) in [6.45, 7) is 2.17. The quantitative estimate of drug-likeness (QED) is 0.266. The molecule has 0 aromatic heterocycles. The van der Waals surface area contributed by atoms with Gasteiger partial charge < -0.3 is 4.74 Å². The number of halogens is 1. The molecular weight excluding hydrogens is 427 g/mol. The van der Waals surface area contributed by atoms with Gasteiger partial charge in [-0.05, 0) is 59.2 Å². The van der Waals surface area contributed by atoms with Crippen LogP contribution in [0.4, 0.5) is 0 Å². The summed E-state index contributed by atoms with van der Waals surface area (Å²) in [6.07, 6.45) is 4.20. The van der Waals surface area contributed by atoms with Crippen LogP contribution in [0.25, 0.3) is 0 Å². The molecule has 0 aliphatic carbocycles. The summed E-state index contributed by atoms with van der Waals surface area (Å²) in [7, 11) is 1.62. The SMILES string of the molecule is CCCCC/C(=N\NC(=O)c1ccc(OC)c(I)c1)c1ccccc1. The van der Waals surface area contributed by atoms with E-state index < -0.39 is 0 Å². The first-order valence-corrected chi connectivity index (χ1v) is 9.49. The minimum atomic E-state index is -0.218. The average molecular weight is 450 g/mol. The van der Waals surface area contributed by atoms with Gasteiger partial charge >= 0.3 is 0 Å². The highest BCUT2D eigenvalue weighted by atomic mass is 127. The number of carbonyl (C=O) groups is 1. The van der Waals surface area contributed by atoms with Crippen LogP contribution in [0.15, 0.2) is 53.6 Å². The van der Waals surface area contributed by atoms with Crippen LogP contribution < -0.4 is 10.2 Å². The van der Waals surface area contributed by atoms with E-state index in [1.54, 1.807) is 25.3 Å². The number of nitrogens with one attached hydrogen (secondary N) is 1. The maximum atomic E-state index is 12.4. The number of nitrogens with zero attached hydrogens (tertiary/aromatic N) is 1. The molecule has 4 nitrogen and oxygen atoms in total. The fraction of sp³-hybridized carbons (Fsp3) is 0.300. The summed E-state index contributed by atoms with van der Waals surface area (Å²) in [4.78, 5) is 12.4. The second kappa shape index (κ2) is 10.2. The maximum absolute atomic E-state index is 12.4. The van der Waals surface area contributed by atoms with Gasteiger partial charge in [0.15, 0.2) is 0 Å². The highest BCUT2D eigenvalue weighted by molar-refractivity contribution is 14.1. The molecule has 5 heteroatoms. The van der Waals surface area contributed by atoms with Crippen LogP contribution in [-0.2, 0) is 0 Å². The third kappa shape index (κ3) is 5.85. The molecule has 132 valence electrons.